The van der Waals surface area contributed by atoms with Gasteiger partial charge in [0.15, 0.2) is 0 Å². The van der Waals surface area contributed by atoms with E-state index in [0.717, 1.165) is 6.42 Å². The molecule has 2 heterocycles. The number of nitrogens with two attached hydrogens (primary N) is 1. The summed E-state index contributed by atoms with van der Waals surface area (Å²) in [6.45, 7) is 6.96. The standard InChI is InChI=1S/C27H41N5O7/c1-16(2)11-20(28)24(35)30-17(3)23(34)29-13-27(14-39-15-27)32-10-4-5-22(32)25(36)31-21(26(37)38)12-18-6-8-19(33)9-7-18/h6-9,16-17,20-22,33H,4-5,10-15,28H2,1-3H3,(H,29,34)(H,30,35)(H,31,36)(H,37,38)/t17-,20-,21-,22-/m0/s1. The molecule has 2 fully saturated rings. The monoisotopic (exact) mass is 547 g/mol. The van der Waals surface area contributed by atoms with E-state index in [1.54, 1.807) is 19.1 Å². The number of aliphatic carboxylic acids is 1. The number of phenols is 1. The lowest BCUT2D eigenvalue weighted by Gasteiger charge is -2.50. The number of carbonyl (C=O) groups is 4. The highest BCUT2D eigenvalue weighted by Gasteiger charge is 2.50. The van der Waals surface area contributed by atoms with Gasteiger partial charge in [-0.3, -0.25) is 19.3 Å². The Labute approximate surface area is 228 Å². The second kappa shape index (κ2) is 13.2. The van der Waals surface area contributed by atoms with Gasteiger partial charge in [0.05, 0.1) is 30.8 Å². The predicted molar refractivity (Wildman–Crippen MR) is 143 cm³/mol. The molecule has 1 aromatic rings. The SMILES string of the molecule is CC(C)C[C@H](N)C(=O)N[C@@H](C)C(=O)NCC1(N2CCC[C@H]2C(=O)N[C@@H](Cc2ccc(O)cc2)C(=O)O)COC1. The molecule has 12 nitrogen and oxygen atoms in total. The molecule has 4 atom stereocenters. The third-order valence-corrected chi connectivity index (χ3v) is 7.30. The Morgan fingerprint density at radius 2 is 1.77 bits per heavy atom. The maximum absolute atomic E-state index is 13.3. The van der Waals surface area contributed by atoms with Gasteiger partial charge in [-0.2, -0.15) is 0 Å². The van der Waals surface area contributed by atoms with Crippen LogP contribution < -0.4 is 21.7 Å². The van der Waals surface area contributed by atoms with E-state index in [1.165, 1.54) is 12.1 Å². The number of hydrogen-bond acceptors (Lipinski definition) is 8. The smallest absolute Gasteiger partial charge is 0.326 e. The molecule has 0 saturated carbocycles. The molecule has 12 heteroatoms. The molecule has 0 aromatic heterocycles. The predicted octanol–water partition coefficient (Wildman–Crippen LogP) is -0.268. The normalized spacial score (nSPS) is 20.9. The zero-order valence-corrected chi connectivity index (χ0v) is 22.8. The molecule has 2 aliphatic rings. The van der Waals surface area contributed by atoms with Crippen LogP contribution >= 0.6 is 0 Å². The number of ether oxygens (including phenoxy) is 1. The lowest BCUT2D eigenvalue weighted by molar-refractivity contribution is -0.157. The van der Waals surface area contributed by atoms with E-state index in [1.807, 2.05) is 18.7 Å². The van der Waals surface area contributed by atoms with Gasteiger partial charge < -0.3 is 36.6 Å². The Morgan fingerprint density at radius 3 is 2.33 bits per heavy atom. The van der Waals surface area contributed by atoms with E-state index in [9.17, 15) is 29.4 Å². The molecule has 1 aromatic carbocycles. The Balaban J connectivity index is 1.59. The Morgan fingerprint density at radius 1 is 1.10 bits per heavy atom. The molecule has 2 aliphatic heterocycles. The first-order chi connectivity index (χ1) is 18.4. The summed E-state index contributed by atoms with van der Waals surface area (Å²) in [6.07, 6.45) is 1.87. The second-order valence-corrected chi connectivity index (χ2v) is 11.0. The number of nitrogens with one attached hydrogen (secondary N) is 3. The van der Waals surface area contributed by atoms with Crippen molar-refractivity contribution in [1.82, 2.24) is 20.9 Å². The number of likely N-dealkylation sites (tertiary alicyclic amines) is 1. The molecule has 0 spiro atoms. The zero-order valence-electron chi connectivity index (χ0n) is 22.8. The van der Waals surface area contributed by atoms with E-state index < -0.39 is 41.6 Å². The summed E-state index contributed by atoms with van der Waals surface area (Å²) in [5.41, 5.74) is 5.98. The fourth-order valence-electron chi connectivity index (χ4n) is 5.06. The first kappa shape index (κ1) is 30.3. The molecule has 3 amide bonds. The van der Waals surface area contributed by atoms with Gasteiger partial charge in [-0.05, 0) is 56.3 Å². The Bertz CT molecular complexity index is 1030. The number of benzene rings is 1. The van der Waals surface area contributed by atoms with Gasteiger partial charge in [0.2, 0.25) is 17.7 Å². The van der Waals surface area contributed by atoms with Crippen LogP contribution in [0.1, 0.15) is 45.6 Å². The third kappa shape index (κ3) is 7.90. The van der Waals surface area contributed by atoms with Crippen molar-refractivity contribution >= 4 is 23.7 Å². The van der Waals surface area contributed by atoms with Gasteiger partial charge >= 0.3 is 5.97 Å². The first-order valence-electron chi connectivity index (χ1n) is 13.4. The minimum Gasteiger partial charge on any atom is -0.508 e. The fourth-order valence-corrected chi connectivity index (χ4v) is 5.06. The number of carboxylic acid groups (broad SMARTS) is 1. The number of carbonyl (C=O) groups excluding carboxylic acids is 3. The average molecular weight is 548 g/mol. The zero-order chi connectivity index (χ0) is 28.7. The van der Waals surface area contributed by atoms with Gasteiger partial charge in [0.25, 0.3) is 0 Å². The van der Waals surface area contributed by atoms with E-state index in [-0.39, 0.29) is 36.4 Å². The van der Waals surface area contributed by atoms with Gasteiger partial charge in [0, 0.05) is 13.0 Å². The van der Waals surface area contributed by atoms with Crippen LogP contribution in [0.2, 0.25) is 0 Å². The summed E-state index contributed by atoms with van der Waals surface area (Å²) in [4.78, 5) is 52.2. The molecule has 216 valence electrons. The molecule has 39 heavy (non-hydrogen) atoms. The van der Waals surface area contributed by atoms with Crippen molar-refractivity contribution in [3.8, 4) is 5.75 Å². The van der Waals surface area contributed by atoms with Crippen LogP contribution in [-0.2, 0) is 30.3 Å². The van der Waals surface area contributed by atoms with Crippen LogP contribution in [0.5, 0.6) is 5.75 Å². The molecule has 0 bridgehead atoms. The van der Waals surface area contributed by atoms with Crippen molar-refractivity contribution < 1.29 is 34.1 Å². The van der Waals surface area contributed by atoms with Crippen LogP contribution in [-0.4, -0.2) is 94.8 Å². The van der Waals surface area contributed by atoms with Gasteiger partial charge in [-0.25, -0.2) is 4.79 Å². The summed E-state index contributed by atoms with van der Waals surface area (Å²) >= 11 is 0. The van der Waals surface area contributed by atoms with Crippen molar-refractivity contribution in [2.45, 2.75) is 76.2 Å². The molecular formula is C27H41N5O7. The number of nitrogens with zero attached hydrogens (tertiary/aromatic N) is 1. The minimum atomic E-state index is -1.15. The number of phenolic OH excluding ortho intramolecular Hbond substituents is 1. The van der Waals surface area contributed by atoms with Crippen molar-refractivity contribution in [2.75, 3.05) is 26.3 Å². The molecule has 7 N–H and O–H groups in total. The molecule has 0 unspecified atom stereocenters. The summed E-state index contributed by atoms with van der Waals surface area (Å²) in [7, 11) is 0. The van der Waals surface area contributed by atoms with Gasteiger partial charge in [0.1, 0.15) is 17.8 Å². The van der Waals surface area contributed by atoms with Crippen molar-refractivity contribution in [2.24, 2.45) is 11.7 Å². The minimum absolute atomic E-state index is 0.0721. The number of rotatable bonds is 13. The maximum Gasteiger partial charge on any atom is 0.326 e. The van der Waals surface area contributed by atoms with E-state index in [0.29, 0.717) is 38.2 Å². The molecule has 0 aliphatic carbocycles. The van der Waals surface area contributed by atoms with Crippen molar-refractivity contribution in [1.29, 1.82) is 0 Å². The van der Waals surface area contributed by atoms with Crippen molar-refractivity contribution in [3.05, 3.63) is 29.8 Å². The topological polar surface area (TPSA) is 183 Å². The van der Waals surface area contributed by atoms with E-state index in [4.69, 9.17) is 10.5 Å². The first-order valence-corrected chi connectivity index (χ1v) is 13.4. The van der Waals surface area contributed by atoms with Crippen LogP contribution in [0.25, 0.3) is 0 Å². The largest absolute Gasteiger partial charge is 0.508 e. The number of hydrogen-bond donors (Lipinski definition) is 6. The summed E-state index contributed by atoms with van der Waals surface area (Å²) in [5, 5.41) is 27.4. The highest BCUT2D eigenvalue weighted by atomic mass is 16.5. The molecule has 2 saturated heterocycles. The van der Waals surface area contributed by atoms with E-state index >= 15 is 0 Å². The molecule has 3 rings (SSSR count). The van der Waals surface area contributed by atoms with Crippen LogP contribution in [0.15, 0.2) is 24.3 Å². The summed E-state index contributed by atoms with van der Waals surface area (Å²) in [6, 6.07) is 2.98. The molecule has 0 radical (unpaired) electrons. The molecular weight excluding hydrogens is 506 g/mol. The third-order valence-electron chi connectivity index (χ3n) is 7.30. The Kier molecular flexibility index (Phi) is 10.3. The number of carboxylic acids is 1. The highest BCUT2D eigenvalue weighted by Crippen LogP contribution is 2.32. The van der Waals surface area contributed by atoms with Crippen molar-refractivity contribution in [3.63, 3.8) is 0 Å². The number of aromatic hydroxyl groups is 1. The second-order valence-electron chi connectivity index (χ2n) is 11.0. The Hall–Kier alpha value is -3.22. The summed E-state index contributed by atoms with van der Waals surface area (Å²) in [5.74, 6) is -1.98. The fraction of sp³-hybridized carbons (Fsp3) is 0.630. The van der Waals surface area contributed by atoms with Gasteiger partial charge in [-0.1, -0.05) is 26.0 Å². The van der Waals surface area contributed by atoms with Crippen LogP contribution in [0.3, 0.4) is 0 Å². The number of amides is 3. The van der Waals surface area contributed by atoms with Crippen LogP contribution in [0.4, 0.5) is 0 Å². The van der Waals surface area contributed by atoms with Crippen LogP contribution in [0, 0.1) is 5.92 Å². The lowest BCUT2D eigenvalue weighted by atomic mass is 9.93. The highest BCUT2D eigenvalue weighted by molar-refractivity contribution is 5.89. The quantitative estimate of drug-likeness (QED) is 0.194. The maximum atomic E-state index is 13.3. The lowest BCUT2D eigenvalue weighted by Crippen LogP contribution is -2.70. The average Bonchev–Trinajstić information content (AvgIpc) is 3.33. The summed E-state index contributed by atoms with van der Waals surface area (Å²) < 4.78 is 5.49. The van der Waals surface area contributed by atoms with Gasteiger partial charge in [-0.15, -0.1) is 0 Å². The van der Waals surface area contributed by atoms with E-state index in [2.05, 4.69) is 16.0 Å².